The van der Waals surface area contributed by atoms with E-state index in [1.807, 2.05) is 11.8 Å². The quantitative estimate of drug-likeness (QED) is 0.616. The van der Waals surface area contributed by atoms with E-state index in [2.05, 4.69) is 40.8 Å². The van der Waals surface area contributed by atoms with Crippen molar-refractivity contribution in [3.8, 4) is 5.75 Å². The molecule has 6 heteroatoms. The van der Waals surface area contributed by atoms with Crippen molar-refractivity contribution < 1.29 is 17.9 Å². The molecule has 1 aromatic carbocycles. The maximum Gasteiger partial charge on any atom is 0.192 e. The molecule has 0 saturated carbocycles. The summed E-state index contributed by atoms with van der Waals surface area (Å²) in [5.74, 6) is -1.05. The van der Waals surface area contributed by atoms with Crippen molar-refractivity contribution in [2.45, 2.75) is 65.3 Å². The first-order valence-electron chi connectivity index (χ1n) is 9.51. The van der Waals surface area contributed by atoms with Crippen LogP contribution in [0.1, 0.15) is 41.0 Å². The smallest absolute Gasteiger partial charge is 0.192 e. The molecule has 0 unspecified atom stereocenters. The number of piperidine rings is 1. The Kier molecular flexibility index (Phi) is 6.39. The van der Waals surface area contributed by atoms with Crippen molar-refractivity contribution in [3.05, 3.63) is 23.8 Å². The third kappa shape index (κ3) is 4.57. The number of hydrogen-bond acceptors (Lipinski definition) is 3. The van der Waals surface area contributed by atoms with E-state index in [1.165, 1.54) is 0 Å². The molecular formula is C20H33F2NO2Si. The largest absolute Gasteiger partial charge is 0.494 e. The summed E-state index contributed by atoms with van der Waals surface area (Å²) in [5.41, 5.74) is 0.283. The molecule has 148 valence electrons. The van der Waals surface area contributed by atoms with Crippen molar-refractivity contribution in [2.24, 2.45) is 5.92 Å². The Labute approximate surface area is 157 Å². The zero-order valence-corrected chi connectivity index (χ0v) is 18.2. The fourth-order valence-corrected chi connectivity index (χ4v) is 4.56. The van der Waals surface area contributed by atoms with E-state index in [0.29, 0.717) is 25.4 Å². The van der Waals surface area contributed by atoms with Gasteiger partial charge in [-0.3, -0.25) is 0 Å². The van der Waals surface area contributed by atoms with Gasteiger partial charge in [-0.2, -0.15) is 0 Å². The van der Waals surface area contributed by atoms with Gasteiger partial charge in [-0.05, 0) is 37.4 Å². The van der Waals surface area contributed by atoms with Gasteiger partial charge in [0.1, 0.15) is 5.75 Å². The second-order valence-corrected chi connectivity index (χ2v) is 13.6. The van der Waals surface area contributed by atoms with Crippen molar-refractivity contribution in [3.63, 3.8) is 0 Å². The number of anilines is 1. The number of rotatable bonds is 5. The third-order valence-electron chi connectivity index (χ3n) is 5.71. The molecule has 1 aromatic rings. The lowest BCUT2D eigenvalue weighted by Gasteiger charge is -2.45. The molecule has 0 N–H and O–H groups in total. The van der Waals surface area contributed by atoms with Crippen LogP contribution in [0, 0.1) is 17.6 Å². The highest BCUT2D eigenvalue weighted by Crippen LogP contribution is 2.40. The molecule has 2 atom stereocenters. The second kappa shape index (κ2) is 7.85. The van der Waals surface area contributed by atoms with Crippen molar-refractivity contribution in [1.29, 1.82) is 0 Å². The minimum Gasteiger partial charge on any atom is -0.494 e. The van der Waals surface area contributed by atoms with Gasteiger partial charge in [-0.1, -0.05) is 27.7 Å². The Hall–Kier alpha value is -1.14. The molecule has 3 nitrogen and oxygen atoms in total. The summed E-state index contributed by atoms with van der Waals surface area (Å²) >= 11 is 0. The maximum atomic E-state index is 14.4. The summed E-state index contributed by atoms with van der Waals surface area (Å²) in [4.78, 5) is 1.91. The molecule has 0 amide bonds. The van der Waals surface area contributed by atoms with E-state index in [4.69, 9.17) is 9.16 Å². The molecule has 0 radical (unpaired) electrons. The summed E-state index contributed by atoms with van der Waals surface area (Å²) in [6.45, 7) is 16.9. The van der Waals surface area contributed by atoms with Crippen LogP contribution >= 0.6 is 0 Å². The van der Waals surface area contributed by atoms with Crippen LogP contribution in [0.2, 0.25) is 18.1 Å². The van der Waals surface area contributed by atoms with Gasteiger partial charge in [0, 0.05) is 25.2 Å². The van der Waals surface area contributed by atoms with Gasteiger partial charge >= 0.3 is 0 Å². The van der Waals surface area contributed by atoms with Gasteiger partial charge in [0.15, 0.2) is 20.0 Å². The summed E-state index contributed by atoms with van der Waals surface area (Å²) in [6, 6.07) is 2.71. The van der Waals surface area contributed by atoms with Crippen molar-refractivity contribution in [2.75, 3.05) is 24.6 Å². The SMILES string of the molecule is CCOc1cc(F)c(F)c(N2CC[C@H](O[Si](C)(C)C(C)(C)C)[C@H](C)C2)c1. The molecule has 1 aliphatic rings. The van der Waals surface area contributed by atoms with E-state index in [9.17, 15) is 8.78 Å². The van der Waals surface area contributed by atoms with E-state index < -0.39 is 20.0 Å². The topological polar surface area (TPSA) is 21.7 Å². The van der Waals surface area contributed by atoms with Crippen LogP contribution in [0.15, 0.2) is 12.1 Å². The van der Waals surface area contributed by atoms with Crippen LogP contribution in [0.4, 0.5) is 14.5 Å². The molecule has 1 saturated heterocycles. The van der Waals surface area contributed by atoms with Gasteiger partial charge in [-0.15, -0.1) is 0 Å². The zero-order chi connectivity index (χ0) is 19.7. The van der Waals surface area contributed by atoms with Gasteiger partial charge in [0.05, 0.1) is 18.4 Å². The fourth-order valence-electron chi connectivity index (χ4n) is 3.10. The highest BCUT2D eigenvalue weighted by Gasteiger charge is 2.41. The third-order valence-corrected chi connectivity index (χ3v) is 10.2. The molecule has 0 aliphatic carbocycles. The minimum absolute atomic E-state index is 0.158. The van der Waals surface area contributed by atoms with E-state index in [0.717, 1.165) is 12.5 Å². The highest BCUT2D eigenvalue weighted by molar-refractivity contribution is 6.74. The van der Waals surface area contributed by atoms with Gasteiger partial charge in [-0.25, -0.2) is 8.78 Å². The van der Waals surface area contributed by atoms with Crippen molar-refractivity contribution in [1.82, 2.24) is 0 Å². The Balaban J connectivity index is 2.14. The van der Waals surface area contributed by atoms with Crippen LogP contribution in [0.5, 0.6) is 5.75 Å². The van der Waals surface area contributed by atoms with Crippen LogP contribution in [-0.4, -0.2) is 34.1 Å². The molecule has 0 bridgehead atoms. The summed E-state index contributed by atoms with van der Waals surface area (Å²) < 4.78 is 40.3. The van der Waals surface area contributed by atoms with Crippen LogP contribution in [0.3, 0.4) is 0 Å². The molecule has 0 aromatic heterocycles. The fraction of sp³-hybridized carbons (Fsp3) is 0.700. The van der Waals surface area contributed by atoms with E-state index >= 15 is 0 Å². The van der Waals surface area contributed by atoms with Crippen molar-refractivity contribution >= 4 is 14.0 Å². The molecule has 26 heavy (non-hydrogen) atoms. The molecule has 1 fully saturated rings. The molecule has 0 spiro atoms. The Bertz CT molecular complexity index is 631. The van der Waals surface area contributed by atoms with Gasteiger partial charge in [0.25, 0.3) is 0 Å². The average Bonchev–Trinajstić information content (AvgIpc) is 2.51. The number of benzene rings is 1. The Morgan fingerprint density at radius 2 is 1.88 bits per heavy atom. The van der Waals surface area contributed by atoms with Crippen LogP contribution in [-0.2, 0) is 4.43 Å². The first-order chi connectivity index (χ1) is 12.0. The van der Waals surface area contributed by atoms with E-state index in [-0.39, 0.29) is 22.7 Å². The number of hydrogen-bond donors (Lipinski definition) is 0. The Morgan fingerprint density at radius 1 is 1.23 bits per heavy atom. The number of ether oxygens (including phenoxy) is 1. The standard InChI is InChI=1S/C20H33F2NO2Si/c1-8-24-15-11-16(21)19(22)17(12-15)23-10-9-18(14(2)13-23)25-26(6,7)20(3,4)5/h11-12,14,18H,8-10,13H2,1-7H3/t14-,18+/m1/s1. The monoisotopic (exact) mass is 385 g/mol. The molecule has 1 aliphatic heterocycles. The molecular weight excluding hydrogens is 352 g/mol. The van der Waals surface area contributed by atoms with E-state index in [1.54, 1.807) is 6.07 Å². The lowest BCUT2D eigenvalue weighted by molar-refractivity contribution is 0.106. The first-order valence-corrected chi connectivity index (χ1v) is 12.4. The highest BCUT2D eigenvalue weighted by atomic mass is 28.4. The molecule has 2 rings (SSSR count). The number of nitrogens with zero attached hydrogens (tertiary/aromatic N) is 1. The maximum absolute atomic E-state index is 14.4. The van der Waals surface area contributed by atoms with Crippen LogP contribution < -0.4 is 9.64 Å². The predicted molar refractivity (Wildman–Crippen MR) is 106 cm³/mol. The minimum atomic E-state index is -1.85. The lowest BCUT2D eigenvalue weighted by Crippen LogP contribution is -2.50. The summed E-state index contributed by atoms with van der Waals surface area (Å²) in [6.07, 6.45) is 0.975. The number of halogens is 2. The predicted octanol–water partition coefficient (Wildman–Crippen LogP) is 5.60. The summed E-state index contributed by atoms with van der Waals surface area (Å²) in [7, 11) is -1.85. The van der Waals surface area contributed by atoms with Gasteiger partial charge < -0.3 is 14.1 Å². The Morgan fingerprint density at radius 3 is 2.42 bits per heavy atom. The zero-order valence-electron chi connectivity index (χ0n) is 17.2. The first kappa shape index (κ1) is 21.2. The summed E-state index contributed by atoms with van der Waals surface area (Å²) in [5, 5.41) is 0.158. The normalized spacial score (nSPS) is 21.8. The lowest BCUT2D eigenvalue weighted by atomic mass is 9.96. The molecule has 1 heterocycles. The second-order valence-electron chi connectivity index (χ2n) is 8.80. The van der Waals surface area contributed by atoms with Crippen LogP contribution in [0.25, 0.3) is 0 Å². The average molecular weight is 386 g/mol. The van der Waals surface area contributed by atoms with Gasteiger partial charge in [0.2, 0.25) is 0 Å².